The number of thiazole rings is 1. The van der Waals surface area contributed by atoms with E-state index in [9.17, 15) is 4.21 Å². The van der Waals surface area contributed by atoms with Crippen molar-refractivity contribution in [3.8, 4) is 0 Å². The van der Waals surface area contributed by atoms with E-state index in [0.29, 0.717) is 5.75 Å². The molecule has 0 spiro atoms. The molecule has 0 amide bonds. The summed E-state index contributed by atoms with van der Waals surface area (Å²) < 4.78 is 11.0. The third kappa shape index (κ3) is 3.64. The highest BCUT2D eigenvalue weighted by atomic mass is 32.2. The minimum absolute atomic E-state index is 0.289. The number of hydrogen-bond acceptors (Lipinski definition) is 4. The molecule has 1 aliphatic carbocycles. The van der Waals surface area contributed by atoms with E-state index < -0.39 is 10.8 Å². The topological polar surface area (TPSA) is 42.0 Å². The van der Waals surface area contributed by atoms with E-state index in [4.69, 9.17) is 0 Å². The van der Waals surface area contributed by atoms with Gasteiger partial charge in [0.1, 0.15) is 0 Å². The van der Waals surface area contributed by atoms with Gasteiger partial charge in [0.2, 0.25) is 0 Å². The highest BCUT2D eigenvalue weighted by molar-refractivity contribution is 7.84. The summed E-state index contributed by atoms with van der Waals surface area (Å²) in [6, 6.07) is 0.289. The Morgan fingerprint density at radius 2 is 2.44 bits per heavy atom. The molecule has 2 rings (SSSR count). The van der Waals surface area contributed by atoms with Gasteiger partial charge >= 0.3 is 0 Å². The van der Waals surface area contributed by atoms with Gasteiger partial charge in [-0.2, -0.15) is 0 Å². The fraction of sp³-hybridized carbons (Fsp3) is 0.727. The van der Waals surface area contributed by atoms with E-state index in [0.717, 1.165) is 18.2 Å². The molecule has 1 heterocycles. The normalized spacial score (nSPS) is 19.6. The minimum Gasteiger partial charge on any atom is -0.308 e. The fourth-order valence-corrected chi connectivity index (χ4v) is 3.42. The lowest BCUT2D eigenvalue weighted by molar-refractivity contribution is 0.581. The van der Waals surface area contributed by atoms with E-state index in [1.165, 1.54) is 17.8 Å². The summed E-state index contributed by atoms with van der Waals surface area (Å²) in [5.74, 6) is 1.46. The molecule has 0 aliphatic heterocycles. The van der Waals surface area contributed by atoms with Crippen LogP contribution < -0.4 is 5.32 Å². The lowest BCUT2D eigenvalue weighted by atomic mass is 10.3. The molecule has 0 aromatic carbocycles. The Labute approximate surface area is 103 Å². The van der Waals surface area contributed by atoms with E-state index in [2.05, 4.69) is 22.6 Å². The summed E-state index contributed by atoms with van der Waals surface area (Å²) in [5.41, 5.74) is 1.13. The van der Waals surface area contributed by atoms with Crippen molar-refractivity contribution in [2.24, 2.45) is 0 Å². The SMILES string of the molecule is CC(CS(C)=O)NCc1csc(C2CC2)n1. The Bertz CT molecular complexity index is 374. The predicted molar refractivity (Wildman–Crippen MR) is 69.3 cm³/mol. The van der Waals surface area contributed by atoms with Gasteiger partial charge in [-0.3, -0.25) is 4.21 Å². The number of rotatable bonds is 6. The lowest BCUT2D eigenvalue weighted by Crippen LogP contribution is -2.30. The van der Waals surface area contributed by atoms with Gasteiger partial charge in [0.15, 0.2) is 0 Å². The summed E-state index contributed by atoms with van der Waals surface area (Å²) in [7, 11) is -0.726. The maximum absolute atomic E-state index is 11.0. The van der Waals surface area contributed by atoms with Gasteiger partial charge in [-0.25, -0.2) is 4.98 Å². The van der Waals surface area contributed by atoms with Gasteiger partial charge in [0.05, 0.1) is 10.7 Å². The van der Waals surface area contributed by atoms with Crippen LogP contribution in [0.2, 0.25) is 0 Å². The van der Waals surface area contributed by atoms with Gasteiger partial charge in [-0.15, -0.1) is 11.3 Å². The molecule has 1 N–H and O–H groups in total. The first-order chi connectivity index (χ1) is 7.65. The first kappa shape index (κ1) is 12.2. The molecule has 0 radical (unpaired) electrons. The summed E-state index contributed by atoms with van der Waals surface area (Å²) >= 11 is 1.77. The van der Waals surface area contributed by atoms with Crippen molar-refractivity contribution >= 4 is 22.1 Å². The van der Waals surface area contributed by atoms with Gasteiger partial charge in [-0.05, 0) is 19.8 Å². The highest BCUT2D eigenvalue weighted by Gasteiger charge is 2.26. The molecule has 3 nitrogen and oxygen atoms in total. The van der Waals surface area contributed by atoms with Crippen LogP contribution in [0.5, 0.6) is 0 Å². The Hall–Kier alpha value is -0.260. The number of aromatic nitrogens is 1. The highest BCUT2D eigenvalue weighted by Crippen LogP contribution is 2.41. The maximum atomic E-state index is 11.0. The number of nitrogens with one attached hydrogen (secondary N) is 1. The molecule has 16 heavy (non-hydrogen) atoms. The first-order valence-electron chi connectivity index (χ1n) is 5.63. The van der Waals surface area contributed by atoms with Crippen molar-refractivity contribution < 1.29 is 4.21 Å². The van der Waals surface area contributed by atoms with Gasteiger partial charge in [0, 0.05) is 46.7 Å². The van der Waals surface area contributed by atoms with Crippen LogP contribution in [0.3, 0.4) is 0 Å². The largest absolute Gasteiger partial charge is 0.308 e. The third-order valence-electron chi connectivity index (χ3n) is 2.61. The van der Waals surface area contributed by atoms with Gasteiger partial charge in [-0.1, -0.05) is 0 Å². The van der Waals surface area contributed by atoms with Gasteiger partial charge < -0.3 is 5.32 Å². The summed E-state index contributed by atoms with van der Waals surface area (Å²) in [6.07, 6.45) is 4.36. The second-order valence-electron chi connectivity index (χ2n) is 4.47. The Morgan fingerprint density at radius 3 is 3.06 bits per heavy atom. The molecule has 1 fully saturated rings. The lowest BCUT2D eigenvalue weighted by Gasteiger charge is -2.10. The maximum Gasteiger partial charge on any atom is 0.0959 e. The van der Waals surface area contributed by atoms with Crippen molar-refractivity contribution in [1.29, 1.82) is 0 Å². The van der Waals surface area contributed by atoms with Crippen LogP contribution in [-0.4, -0.2) is 27.2 Å². The fourth-order valence-electron chi connectivity index (χ4n) is 1.61. The summed E-state index contributed by atoms with van der Waals surface area (Å²) in [4.78, 5) is 4.60. The van der Waals surface area contributed by atoms with Crippen LogP contribution in [0, 0.1) is 0 Å². The zero-order valence-electron chi connectivity index (χ0n) is 9.73. The average Bonchev–Trinajstić information content (AvgIpc) is 2.94. The molecule has 2 atom stereocenters. The monoisotopic (exact) mass is 258 g/mol. The van der Waals surface area contributed by atoms with Crippen LogP contribution >= 0.6 is 11.3 Å². The number of nitrogens with zero attached hydrogens (tertiary/aromatic N) is 1. The second kappa shape index (κ2) is 5.38. The second-order valence-corrected chi connectivity index (χ2v) is 6.84. The van der Waals surface area contributed by atoms with Crippen molar-refractivity contribution in [3.05, 3.63) is 16.1 Å². The molecule has 0 bridgehead atoms. The Morgan fingerprint density at radius 1 is 1.69 bits per heavy atom. The molecule has 1 aliphatic rings. The van der Waals surface area contributed by atoms with Crippen LogP contribution in [0.4, 0.5) is 0 Å². The third-order valence-corrected chi connectivity index (χ3v) is 4.64. The van der Waals surface area contributed by atoms with Crippen molar-refractivity contribution in [2.75, 3.05) is 12.0 Å². The van der Waals surface area contributed by atoms with Crippen LogP contribution in [-0.2, 0) is 17.3 Å². The Balaban J connectivity index is 1.77. The van der Waals surface area contributed by atoms with Crippen molar-refractivity contribution in [2.45, 2.75) is 38.3 Å². The van der Waals surface area contributed by atoms with E-state index >= 15 is 0 Å². The zero-order chi connectivity index (χ0) is 11.5. The molecular formula is C11H18N2OS2. The average molecular weight is 258 g/mol. The van der Waals surface area contributed by atoms with E-state index in [1.807, 2.05) is 0 Å². The smallest absolute Gasteiger partial charge is 0.0959 e. The minimum atomic E-state index is -0.726. The predicted octanol–water partition coefficient (Wildman–Crippen LogP) is 1.88. The summed E-state index contributed by atoms with van der Waals surface area (Å²) in [6.45, 7) is 2.86. The van der Waals surface area contributed by atoms with E-state index in [-0.39, 0.29) is 6.04 Å². The molecular weight excluding hydrogens is 240 g/mol. The standard InChI is InChI=1S/C11H18N2OS2/c1-8(7-16(2)14)12-5-10-6-15-11(13-10)9-3-4-9/h6,8-9,12H,3-5,7H2,1-2H3. The van der Waals surface area contributed by atoms with Crippen molar-refractivity contribution in [3.63, 3.8) is 0 Å². The van der Waals surface area contributed by atoms with Crippen molar-refractivity contribution in [1.82, 2.24) is 10.3 Å². The first-order valence-corrected chi connectivity index (χ1v) is 8.23. The zero-order valence-corrected chi connectivity index (χ0v) is 11.4. The number of hydrogen-bond donors (Lipinski definition) is 1. The summed E-state index contributed by atoms with van der Waals surface area (Å²) in [5, 5.41) is 6.78. The van der Waals surface area contributed by atoms with E-state index in [1.54, 1.807) is 17.6 Å². The van der Waals surface area contributed by atoms with Crippen LogP contribution in [0.1, 0.15) is 36.4 Å². The molecule has 1 aromatic heterocycles. The molecule has 1 aromatic rings. The molecule has 2 unspecified atom stereocenters. The molecule has 1 saturated carbocycles. The van der Waals surface area contributed by atoms with Gasteiger partial charge in [0.25, 0.3) is 0 Å². The molecule has 5 heteroatoms. The Kier molecular flexibility index (Phi) is 4.10. The van der Waals surface area contributed by atoms with Crippen LogP contribution in [0.25, 0.3) is 0 Å². The molecule has 90 valence electrons. The quantitative estimate of drug-likeness (QED) is 0.847. The molecule has 0 saturated heterocycles. The van der Waals surface area contributed by atoms with Crippen LogP contribution in [0.15, 0.2) is 5.38 Å².